The average Bonchev–Trinajstić information content (AvgIpc) is 2.75. The summed E-state index contributed by atoms with van der Waals surface area (Å²) in [7, 11) is 0. The Balaban J connectivity index is 0.00000176. The number of fused-ring (bicyclic) bond motifs is 1. The standard InChI is InChI=1S/C16H22N2O3.ClH/c1-16(10-17)5-6-18(11-16)15(19)12-3-4-13-14(9-12)21-8-2-7-20-13;/h3-4,9H,2,5-8,10-11,17H2,1H3;1H. The van der Waals surface area contributed by atoms with Crippen LogP contribution in [0.3, 0.4) is 0 Å². The summed E-state index contributed by atoms with van der Waals surface area (Å²) in [6, 6.07) is 5.43. The van der Waals surface area contributed by atoms with Gasteiger partial charge < -0.3 is 20.1 Å². The van der Waals surface area contributed by atoms with Gasteiger partial charge in [-0.3, -0.25) is 4.79 Å². The molecular formula is C16H23ClN2O3. The summed E-state index contributed by atoms with van der Waals surface area (Å²) >= 11 is 0. The van der Waals surface area contributed by atoms with Gasteiger partial charge in [-0.05, 0) is 36.6 Å². The highest BCUT2D eigenvalue weighted by Crippen LogP contribution is 2.33. The molecule has 0 spiro atoms. The van der Waals surface area contributed by atoms with Gasteiger partial charge in [-0.25, -0.2) is 0 Å². The summed E-state index contributed by atoms with van der Waals surface area (Å²) in [4.78, 5) is 14.5. The second-order valence-corrected chi connectivity index (χ2v) is 6.20. The average molecular weight is 327 g/mol. The minimum atomic E-state index is 0. The van der Waals surface area contributed by atoms with E-state index < -0.39 is 0 Å². The van der Waals surface area contributed by atoms with E-state index in [2.05, 4.69) is 6.92 Å². The van der Waals surface area contributed by atoms with Crippen LogP contribution in [0.5, 0.6) is 11.5 Å². The Morgan fingerprint density at radius 2 is 2.05 bits per heavy atom. The number of amides is 1. The van der Waals surface area contributed by atoms with Crippen LogP contribution in [0, 0.1) is 5.41 Å². The van der Waals surface area contributed by atoms with Crippen LogP contribution in [0.25, 0.3) is 0 Å². The maximum Gasteiger partial charge on any atom is 0.254 e. The van der Waals surface area contributed by atoms with E-state index in [1.165, 1.54) is 0 Å². The SMILES string of the molecule is CC1(CN)CCN(C(=O)c2ccc3c(c2)OCCCO3)C1.Cl. The molecule has 1 amide bonds. The van der Waals surface area contributed by atoms with Crippen LogP contribution in [-0.4, -0.2) is 43.7 Å². The molecule has 1 saturated heterocycles. The lowest BCUT2D eigenvalue weighted by molar-refractivity contribution is 0.0776. The molecule has 6 heteroatoms. The molecule has 1 atom stereocenters. The lowest BCUT2D eigenvalue weighted by Crippen LogP contribution is -2.34. The zero-order valence-electron chi connectivity index (χ0n) is 12.8. The van der Waals surface area contributed by atoms with E-state index in [0.717, 1.165) is 31.7 Å². The van der Waals surface area contributed by atoms with Gasteiger partial charge in [0.2, 0.25) is 0 Å². The summed E-state index contributed by atoms with van der Waals surface area (Å²) in [5.41, 5.74) is 6.50. The van der Waals surface area contributed by atoms with Gasteiger partial charge in [-0.15, -0.1) is 12.4 Å². The first-order valence-electron chi connectivity index (χ1n) is 7.50. The number of rotatable bonds is 2. The van der Waals surface area contributed by atoms with Gasteiger partial charge in [-0.2, -0.15) is 0 Å². The molecule has 1 unspecified atom stereocenters. The van der Waals surface area contributed by atoms with E-state index in [0.29, 0.717) is 31.1 Å². The highest BCUT2D eigenvalue weighted by atomic mass is 35.5. The Hall–Kier alpha value is -1.46. The van der Waals surface area contributed by atoms with Crippen molar-refractivity contribution in [3.8, 4) is 11.5 Å². The van der Waals surface area contributed by atoms with E-state index in [1.807, 2.05) is 17.0 Å². The summed E-state index contributed by atoms with van der Waals surface area (Å²) in [6.07, 6.45) is 1.82. The maximum absolute atomic E-state index is 12.6. The molecule has 2 aliphatic heterocycles. The molecular weight excluding hydrogens is 304 g/mol. The van der Waals surface area contributed by atoms with Crippen LogP contribution < -0.4 is 15.2 Å². The first kappa shape index (κ1) is 16.9. The highest BCUT2D eigenvalue weighted by Gasteiger charge is 2.35. The monoisotopic (exact) mass is 326 g/mol. The lowest BCUT2D eigenvalue weighted by Gasteiger charge is -2.22. The predicted molar refractivity (Wildman–Crippen MR) is 87.0 cm³/mol. The van der Waals surface area contributed by atoms with Crippen molar-refractivity contribution < 1.29 is 14.3 Å². The molecule has 0 aliphatic carbocycles. The van der Waals surface area contributed by atoms with Crippen LogP contribution in [-0.2, 0) is 0 Å². The van der Waals surface area contributed by atoms with Crippen LogP contribution in [0.15, 0.2) is 18.2 Å². The van der Waals surface area contributed by atoms with E-state index >= 15 is 0 Å². The molecule has 0 radical (unpaired) electrons. The molecule has 0 bridgehead atoms. The highest BCUT2D eigenvalue weighted by molar-refractivity contribution is 5.95. The quantitative estimate of drug-likeness (QED) is 0.903. The van der Waals surface area contributed by atoms with Gasteiger partial charge in [0.05, 0.1) is 13.2 Å². The molecule has 22 heavy (non-hydrogen) atoms. The van der Waals surface area contributed by atoms with Gasteiger partial charge in [0, 0.05) is 25.1 Å². The zero-order chi connectivity index (χ0) is 14.9. The van der Waals surface area contributed by atoms with Gasteiger partial charge in [-0.1, -0.05) is 6.92 Å². The molecule has 3 rings (SSSR count). The van der Waals surface area contributed by atoms with Gasteiger partial charge in [0.15, 0.2) is 11.5 Å². The second kappa shape index (κ2) is 6.75. The number of nitrogens with two attached hydrogens (primary N) is 1. The van der Waals surface area contributed by atoms with Crippen molar-refractivity contribution in [2.45, 2.75) is 19.8 Å². The smallest absolute Gasteiger partial charge is 0.254 e. The van der Waals surface area contributed by atoms with Crippen molar-refractivity contribution in [3.63, 3.8) is 0 Å². The largest absolute Gasteiger partial charge is 0.490 e. The van der Waals surface area contributed by atoms with Crippen molar-refractivity contribution >= 4 is 18.3 Å². The summed E-state index contributed by atoms with van der Waals surface area (Å²) < 4.78 is 11.2. The van der Waals surface area contributed by atoms with Crippen molar-refractivity contribution in [1.82, 2.24) is 4.90 Å². The number of carbonyl (C=O) groups is 1. The van der Waals surface area contributed by atoms with E-state index in [4.69, 9.17) is 15.2 Å². The second-order valence-electron chi connectivity index (χ2n) is 6.20. The Kier molecular flexibility index (Phi) is 5.19. The number of hydrogen-bond donors (Lipinski definition) is 1. The predicted octanol–water partition coefficient (Wildman–Crippen LogP) is 2.08. The minimum Gasteiger partial charge on any atom is -0.490 e. The van der Waals surface area contributed by atoms with E-state index in [-0.39, 0.29) is 23.7 Å². The first-order chi connectivity index (χ1) is 10.1. The van der Waals surface area contributed by atoms with Gasteiger partial charge in [0.25, 0.3) is 5.91 Å². The molecule has 2 N–H and O–H groups in total. The van der Waals surface area contributed by atoms with Crippen LogP contribution >= 0.6 is 12.4 Å². The molecule has 2 heterocycles. The normalized spacial score (nSPS) is 23.6. The lowest BCUT2D eigenvalue weighted by atomic mass is 9.90. The van der Waals surface area contributed by atoms with Crippen molar-refractivity contribution in [3.05, 3.63) is 23.8 Å². The molecule has 0 aromatic heterocycles. The molecule has 5 nitrogen and oxygen atoms in total. The van der Waals surface area contributed by atoms with Crippen LogP contribution in [0.1, 0.15) is 30.1 Å². The van der Waals surface area contributed by atoms with Gasteiger partial charge in [0.1, 0.15) is 0 Å². The van der Waals surface area contributed by atoms with Crippen LogP contribution in [0.2, 0.25) is 0 Å². The molecule has 122 valence electrons. The third kappa shape index (κ3) is 3.31. The number of nitrogens with zero attached hydrogens (tertiary/aromatic N) is 1. The van der Waals surface area contributed by atoms with Crippen molar-refractivity contribution in [2.24, 2.45) is 11.1 Å². The summed E-state index contributed by atoms with van der Waals surface area (Å²) in [5, 5.41) is 0. The minimum absolute atomic E-state index is 0. The third-order valence-electron chi connectivity index (χ3n) is 4.33. The van der Waals surface area contributed by atoms with Crippen molar-refractivity contribution in [1.29, 1.82) is 0 Å². The molecule has 1 aromatic carbocycles. The number of halogens is 1. The Labute approximate surface area is 137 Å². The number of carbonyl (C=O) groups excluding carboxylic acids is 1. The fourth-order valence-corrected chi connectivity index (χ4v) is 2.84. The molecule has 1 fully saturated rings. The summed E-state index contributed by atoms with van der Waals surface area (Å²) in [6.45, 7) is 5.50. The topological polar surface area (TPSA) is 64.8 Å². The maximum atomic E-state index is 12.6. The first-order valence-corrected chi connectivity index (χ1v) is 7.50. The van der Waals surface area contributed by atoms with E-state index in [9.17, 15) is 4.79 Å². The number of ether oxygens (including phenoxy) is 2. The summed E-state index contributed by atoms with van der Waals surface area (Å²) in [5.74, 6) is 1.43. The fraction of sp³-hybridized carbons (Fsp3) is 0.562. The molecule has 2 aliphatic rings. The van der Waals surface area contributed by atoms with Gasteiger partial charge >= 0.3 is 0 Å². The van der Waals surface area contributed by atoms with Crippen molar-refractivity contribution in [2.75, 3.05) is 32.8 Å². The molecule has 0 saturated carbocycles. The Morgan fingerprint density at radius 1 is 1.32 bits per heavy atom. The molecule has 1 aromatic rings. The fourth-order valence-electron chi connectivity index (χ4n) is 2.84. The van der Waals surface area contributed by atoms with E-state index in [1.54, 1.807) is 6.07 Å². The zero-order valence-corrected chi connectivity index (χ0v) is 13.7. The number of benzene rings is 1. The third-order valence-corrected chi connectivity index (χ3v) is 4.33. The Morgan fingerprint density at radius 3 is 2.73 bits per heavy atom. The number of hydrogen-bond acceptors (Lipinski definition) is 4. The van der Waals surface area contributed by atoms with Crippen LogP contribution in [0.4, 0.5) is 0 Å². The number of likely N-dealkylation sites (tertiary alicyclic amines) is 1. The Bertz CT molecular complexity index is 552.